The fourth-order valence-electron chi connectivity index (χ4n) is 4.56. The van der Waals surface area contributed by atoms with Crippen LogP contribution in [0.15, 0.2) is 54.9 Å². The first-order valence-electron chi connectivity index (χ1n) is 13.5. The molecule has 0 fully saturated rings. The maximum Gasteiger partial charge on any atom is 0.324 e. The number of halogens is 3. The minimum atomic E-state index is -3.93. The summed E-state index contributed by atoms with van der Waals surface area (Å²) < 4.78 is 63.9. The molecular weight excluding hydrogens is 602 g/mol. The number of pyridine rings is 1. The van der Waals surface area contributed by atoms with Gasteiger partial charge in [0.2, 0.25) is 15.8 Å². The van der Waals surface area contributed by atoms with Gasteiger partial charge in [0.05, 0.1) is 22.6 Å². The summed E-state index contributed by atoms with van der Waals surface area (Å²) in [4.78, 5) is 30.7. The van der Waals surface area contributed by atoms with Gasteiger partial charge in [0.15, 0.2) is 12.5 Å². The summed E-state index contributed by atoms with van der Waals surface area (Å²) in [5.41, 5.74) is 5.76. The molecule has 2 heterocycles. The highest BCUT2D eigenvalue weighted by Crippen LogP contribution is 2.31. The number of hydrogen-bond acceptors (Lipinski definition) is 7. The second-order valence-corrected chi connectivity index (χ2v) is 12.8. The molecule has 0 radical (unpaired) electrons. The van der Waals surface area contributed by atoms with Crippen molar-refractivity contribution in [1.82, 2.24) is 9.55 Å². The van der Waals surface area contributed by atoms with Crippen molar-refractivity contribution >= 4 is 50.1 Å². The number of nitrogens with one attached hydrogen (secondary N) is 1. The van der Waals surface area contributed by atoms with Crippen molar-refractivity contribution in [1.29, 1.82) is 0 Å². The van der Waals surface area contributed by atoms with Crippen molar-refractivity contribution < 1.29 is 31.5 Å². The maximum atomic E-state index is 15.6. The van der Waals surface area contributed by atoms with Crippen LogP contribution in [0.3, 0.4) is 0 Å². The van der Waals surface area contributed by atoms with Crippen LogP contribution in [-0.4, -0.2) is 41.5 Å². The van der Waals surface area contributed by atoms with Gasteiger partial charge in [-0.2, -0.15) is 0 Å². The van der Waals surface area contributed by atoms with E-state index in [0.717, 1.165) is 12.1 Å². The summed E-state index contributed by atoms with van der Waals surface area (Å²) >= 11 is 6.01. The van der Waals surface area contributed by atoms with E-state index >= 15 is 8.78 Å². The molecule has 0 aliphatic carbocycles. The Morgan fingerprint density at radius 1 is 1.12 bits per heavy atom. The van der Waals surface area contributed by atoms with Crippen molar-refractivity contribution in [3.63, 3.8) is 0 Å². The molecule has 0 saturated carbocycles. The van der Waals surface area contributed by atoms with Gasteiger partial charge in [0.25, 0.3) is 0 Å². The lowest BCUT2D eigenvalue weighted by Crippen LogP contribution is -2.33. The average molecular weight is 633 g/mol. The number of ether oxygens (including phenoxy) is 1. The molecular formula is C30H31ClF2N4O5S. The molecule has 4 rings (SSSR count). The summed E-state index contributed by atoms with van der Waals surface area (Å²) in [7, 11) is -3.93. The predicted molar refractivity (Wildman–Crippen MR) is 161 cm³/mol. The predicted octanol–water partition coefficient (Wildman–Crippen LogP) is 5.89. The number of ketones is 1. The van der Waals surface area contributed by atoms with Gasteiger partial charge < -0.3 is 10.5 Å². The summed E-state index contributed by atoms with van der Waals surface area (Å²) in [6, 6.07) is 9.31. The van der Waals surface area contributed by atoms with E-state index in [1.54, 1.807) is 37.3 Å². The Bertz CT molecular complexity index is 1780. The lowest BCUT2D eigenvalue weighted by Gasteiger charge is -2.14. The molecule has 2 aromatic heterocycles. The Labute approximate surface area is 253 Å². The number of anilines is 1. The lowest BCUT2D eigenvalue weighted by atomic mass is 10.00. The smallest absolute Gasteiger partial charge is 0.324 e. The van der Waals surface area contributed by atoms with Crippen molar-refractivity contribution in [3.05, 3.63) is 82.6 Å². The van der Waals surface area contributed by atoms with Gasteiger partial charge in [-0.15, -0.1) is 0 Å². The van der Waals surface area contributed by atoms with Crippen molar-refractivity contribution in [2.45, 2.75) is 46.4 Å². The van der Waals surface area contributed by atoms with Crippen LogP contribution < -0.4 is 10.5 Å². The Hall–Kier alpha value is -3.87. The minimum Gasteiger partial charge on any atom is -0.443 e. The van der Waals surface area contributed by atoms with E-state index in [2.05, 4.69) is 9.71 Å². The number of nitrogens with zero attached hydrogens (tertiary/aromatic N) is 2. The van der Waals surface area contributed by atoms with Crippen molar-refractivity contribution in [2.75, 3.05) is 10.5 Å². The van der Waals surface area contributed by atoms with E-state index in [4.69, 9.17) is 22.1 Å². The number of esters is 1. The summed E-state index contributed by atoms with van der Waals surface area (Å²) in [5, 5.41) is 0.730. The SMILES string of the molecule is CCCS(=O)(=O)Nc1ccc(F)c(C(=O)c2cn(COC(=O)[C@@H](N)CC(C)C)c3ncc(-c4ccc(Cl)cc4)cc23)c1F. The molecule has 0 aliphatic heterocycles. The van der Waals surface area contributed by atoms with Crippen LogP contribution >= 0.6 is 11.6 Å². The van der Waals surface area contributed by atoms with Gasteiger partial charge in [-0.3, -0.25) is 18.9 Å². The molecule has 3 N–H and O–H groups in total. The van der Waals surface area contributed by atoms with Gasteiger partial charge >= 0.3 is 5.97 Å². The molecule has 0 spiro atoms. The van der Waals surface area contributed by atoms with E-state index < -0.39 is 50.7 Å². The fourth-order valence-corrected chi connectivity index (χ4v) is 5.81. The van der Waals surface area contributed by atoms with Gasteiger partial charge in [0, 0.05) is 28.4 Å². The number of fused-ring (bicyclic) bond motifs is 1. The zero-order chi connectivity index (χ0) is 31.5. The van der Waals surface area contributed by atoms with E-state index in [1.165, 1.54) is 17.0 Å². The Kier molecular flexibility index (Phi) is 9.83. The lowest BCUT2D eigenvalue weighted by molar-refractivity contribution is -0.149. The molecule has 4 aromatic rings. The molecule has 13 heteroatoms. The maximum absolute atomic E-state index is 15.6. The third-order valence-corrected chi connectivity index (χ3v) is 8.30. The second-order valence-electron chi connectivity index (χ2n) is 10.5. The minimum absolute atomic E-state index is 0.146. The normalized spacial score (nSPS) is 12.5. The van der Waals surface area contributed by atoms with E-state index in [1.807, 2.05) is 13.8 Å². The molecule has 228 valence electrons. The second kappa shape index (κ2) is 13.2. The zero-order valence-corrected chi connectivity index (χ0v) is 25.3. The number of sulfonamides is 1. The summed E-state index contributed by atoms with van der Waals surface area (Å²) in [6.45, 7) is 5.08. The Morgan fingerprint density at radius 2 is 1.81 bits per heavy atom. The van der Waals surface area contributed by atoms with Gasteiger partial charge in [0.1, 0.15) is 17.5 Å². The van der Waals surface area contributed by atoms with E-state index in [9.17, 15) is 18.0 Å². The third-order valence-electron chi connectivity index (χ3n) is 6.57. The van der Waals surface area contributed by atoms with Crippen molar-refractivity contribution in [3.8, 4) is 11.1 Å². The van der Waals surface area contributed by atoms with Crippen LogP contribution in [0.4, 0.5) is 14.5 Å². The largest absolute Gasteiger partial charge is 0.443 e. The molecule has 43 heavy (non-hydrogen) atoms. The Balaban J connectivity index is 1.80. The quantitative estimate of drug-likeness (QED) is 0.147. The molecule has 0 saturated heterocycles. The number of hydrogen-bond donors (Lipinski definition) is 2. The number of carbonyl (C=O) groups excluding carboxylic acids is 2. The molecule has 0 bridgehead atoms. The summed E-state index contributed by atoms with van der Waals surface area (Å²) in [5.74, 6) is -4.41. The number of aromatic nitrogens is 2. The van der Waals surface area contributed by atoms with Crippen LogP contribution in [0.1, 0.15) is 49.5 Å². The highest BCUT2D eigenvalue weighted by atomic mass is 35.5. The first-order chi connectivity index (χ1) is 20.3. The van der Waals surface area contributed by atoms with E-state index in [-0.39, 0.29) is 41.4 Å². The number of carbonyl (C=O) groups is 2. The zero-order valence-electron chi connectivity index (χ0n) is 23.7. The molecule has 1 atom stereocenters. The van der Waals surface area contributed by atoms with Crippen LogP contribution in [0, 0.1) is 17.6 Å². The first-order valence-corrected chi connectivity index (χ1v) is 15.5. The van der Waals surface area contributed by atoms with Gasteiger partial charge in [-0.05, 0) is 54.7 Å². The third kappa shape index (κ3) is 7.38. The van der Waals surface area contributed by atoms with Crippen LogP contribution in [0.2, 0.25) is 5.02 Å². The molecule has 0 unspecified atom stereocenters. The standard InChI is InChI=1S/C30H31ClF2N4O5S/c1-4-11-43(40,41)36-25-10-9-23(32)26(27(25)33)28(38)22-15-37(16-42-30(39)24(34)12-17(2)3)29-21(22)13-19(14-35-29)18-5-7-20(31)8-6-18/h5-10,13-15,17,24,36H,4,11-12,16,34H2,1-3H3/t24-/m0/s1. The highest BCUT2D eigenvalue weighted by Gasteiger charge is 2.27. The van der Waals surface area contributed by atoms with Crippen LogP contribution in [0.5, 0.6) is 0 Å². The number of rotatable bonds is 12. The monoisotopic (exact) mass is 632 g/mol. The topological polar surface area (TPSA) is 133 Å². The fraction of sp³-hybridized carbons (Fsp3) is 0.300. The number of benzene rings is 2. The average Bonchev–Trinajstić information content (AvgIpc) is 3.31. The van der Waals surface area contributed by atoms with Crippen LogP contribution in [0.25, 0.3) is 22.2 Å². The molecule has 0 aliphatic rings. The Morgan fingerprint density at radius 3 is 2.47 bits per heavy atom. The van der Waals surface area contributed by atoms with Crippen LogP contribution in [-0.2, 0) is 26.3 Å². The van der Waals surface area contributed by atoms with Gasteiger partial charge in [-0.1, -0.05) is 44.5 Å². The molecule has 0 amide bonds. The van der Waals surface area contributed by atoms with Crippen molar-refractivity contribution in [2.24, 2.45) is 11.7 Å². The highest BCUT2D eigenvalue weighted by molar-refractivity contribution is 7.92. The first kappa shape index (κ1) is 32.1. The van der Waals surface area contributed by atoms with E-state index in [0.29, 0.717) is 22.6 Å². The molecule has 2 aromatic carbocycles. The number of nitrogens with two attached hydrogens (primary N) is 1. The molecule has 9 nitrogen and oxygen atoms in total. The van der Waals surface area contributed by atoms with Gasteiger partial charge in [-0.25, -0.2) is 22.2 Å². The summed E-state index contributed by atoms with van der Waals surface area (Å²) in [6.07, 6.45) is 3.47.